The van der Waals surface area contributed by atoms with Crippen LogP contribution in [0.4, 0.5) is 0 Å². The second-order valence-corrected chi connectivity index (χ2v) is 16.8. The molecule has 4 heteroatoms. The van der Waals surface area contributed by atoms with Crippen LogP contribution in [-0.4, -0.2) is 14.5 Å². The van der Waals surface area contributed by atoms with Crippen LogP contribution in [0.5, 0.6) is 0 Å². The molecule has 0 aliphatic heterocycles. The molecule has 3 aromatic heterocycles. The maximum absolute atomic E-state index is 5.31. The van der Waals surface area contributed by atoms with E-state index in [0.717, 1.165) is 39.2 Å². The van der Waals surface area contributed by atoms with Gasteiger partial charge in [-0.15, -0.1) is 11.3 Å². The zero-order valence-electron chi connectivity index (χ0n) is 32.3. The lowest BCUT2D eigenvalue weighted by molar-refractivity contribution is 1.19. The van der Waals surface area contributed by atoms with E-state index in [2.05, 4.69) is 193 Å². The fourth-order valence-corrected chi connectivity index (χ4v) is 10.8. The topological polar surface area (TPSA) is 30.7 Å². The van der Waals surface area contributed by atoms with E-state index < -0.39 is 0 Å². The predicted molar refractivity (Wildman–Crippen MR) is 256 cm³/mol. The second-order valence-electron chi connectivity index (χ2n) is 15.7. The Labute approximate surface area is 349 Å². The number of hydrogen-bond acceptors (Lipinski definition) is 3. The number of thiophene rings is 1. The van der Waals surface area contributed by atoms with E-state index in [1.165, 1.54) is 85.4 Å². The van der Waals surface area contributed by atoms with Gasteiger partial charge in [0.25, 0.3) is 0 Å². The molecule has 3 nitrogen and oxygen atoms in total. The summed E-state index contributed by atoms with van der Waals surface area (Å²) in [5.41, 5.74) is 11.5. The summed E-state index contributed by atoms with van der Waals surface area (Å²) < 4.78 is 5.14. The third-order valence-corrected chi connectivity index (χ3v) is 13.5. The van der Waals surface area contributed by atoms with Crippen molar-refractivity contribution in [3.63, 3.8) is 0 Å². The number of nitrogens with zero attached hydrogens (tertiary/aromatic N) is 3. The quantitative estimate of drug-likeness (QED) is 0.178. The normalized spacial score (nSPS) is 12.0. The van der Waals surface area contributed by atoms with Gasteiger partial charge in [0.2, 0.25) is 0 Å². The van der Waals surface area contributed by atoms with E-state index in [4.69, 9.17) is 9.97 Å². The van der Waals surface area contributed by atoms with Crippen LogP contribution in [0.2, 0.25) is 0 Å². The lowest BCUT2D eigenvalue weighted by atomic mass is 9.97. The first-order valence-electron chi connectivity index (χ1n) is 20.4. The monoisotopic (exact) mass is 779 g/mol. The summed E-state index contributed by atoms with van der Waals surface area (Å²) in [7, 11) is 0. The lowest BCUT2D eigenvalue weighted by Crippen LogP contribution is -1.97. The highest BCUT2D eigenvalue weighted by molar-refractivity contribution is 7.27. The van der Waals surface area contributed by atoms with E-state index in [1.807, 2.05) is 23.5 Å². The van der Waals surface area contributed by atoms with Crippen molar-refractivity contribution in [2.75, 3.05) is 0 Å². The van der Waals surface area contributed by atoms with Crippen molar-refractivity contribution in [3.05, 3.63) is 200 Å². The molecule has 13 aromatic rings. The van der Waals surface area contributed by atoms with Gasteiger partial charge in [0, 0.05) is 53.1 Å². The fraction of sp³-hybridized carbons (Fsp3) is 0. The fourth-order valence-electron chi connectivity index (χ4n) is 9.50. The Balaban J connectivity index is 1.03. The zero-order chi connectivity index (χ0) is 39.3. The molecule has 278 valence electrons. The minimum absolute atomic E-state index is 0.867. The summed E-state index contributed by atoms with van der Waals surface area (Å²) in [5, 5.41) is 12.6. The first kappa shape index (κ1) is 33.3. The van der Waals surface area contributed by atoms with Gasteiger partial charge in [0.1, 0.15) is 0 Å². The van der Waals surface area contributed by atoms with Crippen molar-refractivity contribution in [1.82, 2.24) is 14.5 Å². The van der Waals surface area contributed by atoms with Gasteiger partial charge in [-0.05, 0) is 92.7 Å². The molecule has 0 fully saturated rings. The summed E-state index contributed by atoms with van der Waals surface area (Å²) in [6, 6.07) is 72.4. The number of aromatic nitrogens is 3. The number of para-hydroxylation sites is 2. The minimum Gasteiger partial charge on any atom is -0.309 e. The first-order valence-corrected chi connectivity index (χ1v) is 21.2. The summed E-state index contributed by atoms with van der Waals surface area (Å²) in [6.45, 7) is 0. The first-order chi connectivity index (χ1) is 29.7. The van der Waals surface area contributed by atoms with Crippen molar-refractivity contribution in [2.24, 2.45) is 0 Å². The van der Waals surface area contributed by atoms with Gasteiger partial charge < -0.3 is 4.57 Å². The minimum atomic E-state index is 0.867. The Kier molecular flexibility index (Phi) is 7.18. The number of fused-ring (bicyclic) bond motifs is 13. The van der Waals surface area contributed by atoms with Crippen LogP contribution in [-0.2, 0) is 0 Å². The molecule has 0 aliphatic rings. The molecule has 0 amide bonds. The van der Waals surface area contributed by atoms with E-state index in [9.17, 15) is 0 Å². The van der Waals surface area contributed by atoms with Crippen molar-refractivity contribution in [2.45, 2.75) is 0 Å². The van der Waals surface area contributed by atoms with Crippen molar-refractivity contribution in [1.29, 1.82) is 0 Å². The van der Waals surface area contributed by atoms with Gasteiger partial charge >= 0.3 is 0 Å². The second kappa shape index (κ2) is 12.9. The highest BCUT2D eigenvalue weighted by Crippen LogP contribution is 2.48. The Morgan fingerprint density at radius 1 is 0.367 bits per heavy atom. The maximum atomic E-state index is 5.31. The summed E-state index contributed by atoms with van der Waals surface area (Å²) >= 11 is 1.91. The van der Waals surface area contributed by atoms with Crippen LogP contribution >= 0.6 is 11.3 Å². The number of benzene rings is 10. The average Bonchev–Trinajstić information content (AvgIpc) is 3.87. The van der Waals surface area contributed by atoms with Gasteiger partial charge in [0.15, 0.2) is 0 Å². The molecule has 0 atom stereocenters. The molecular weight excluding hydrogens is 747 g/mol. The largest absolute Gasteiger partial charge is 0.309 e. The number of rotatable bonds is 4. The van der Waals surface area contributed by atoms with E-state index in [-0.39, 0.29) is 0 Å². The van der Waals surface area contributed by atoms with E-state index >= 15 is 0 Å². The third-order valence-electron chi connectivity index (χ3n) is 12.3. The molecule has 0 radical (unpaired) electrons. The van der Waals surface area contributed by atoms with E-state index in [0.29, 0.717) is 0 Å². The zero-order valence-corrected chi connectivity index (χ0v) is 33.1. The number of hydrogen-bond donors (Lipinski definition) is 0. The predicted octanol–water partition coefficient (Wildman–Crippen LogP) is 15.6. The average molecular weight is 780 g/mol. The van der Waals surface area contributed by atoms with Crippen LogP contribution in [0.1, 0.15) is 0 Å². The summed E-state index contributed by atoms with van der Waals surface area (Å²) in [5.74, 6) is 0. The highest BCUT2D eigenvalue weighted by atomic mass is 32.1. The summed E-state index contributed by atoms with van der Waals surface area (Å²) in [4.78, 5) is 10.6. The molecule has 3 heterocycles. The van der Waals surface area contributed by atoms with Gasteiger partial charge in [-0.2, -0.15) is 0 Å². The molecular formula is C56H33N3S. The molecule has 0 saturated carbocycles. The van der Waals surface area contributed by atoms with Crippen LogP contribution in [0.25, 0.3) is 125 Å². The molecule has 0 aliphatic carbocycles. The molecule has 60 heavy (non-hydrogen) atoms. The molecule has 13 rings (SSSR count). The SMILES string of the molecule is c1ccc(-c2ccc3cc(-c4nc5ccccc5nc4-c4ccc(-n5c6cc7ccccc7cc6c6c7sc8ccccc8c7c7ccccc7c65)cc4)ccc3c2)cc1. The third kappa shape index (κ3) is 5.01. The molecule has 0 saturated heterocycles. The van der Waals surface area contributed by atoms with Crippen molar-refractivity contribution in [3.8, 4) is 39.3 Å². The smallest absolute Gasteiger partial charge is 0.0973 e. The van der Waals surface area contributed by atoms with Gasteiger partial charge in [-0.1, -0.05) is 146 Å². The van der Waals surface area contributed by atoms with Crippen molar-refractivity contribution < 1.29 is 0 Å². The van der Waals surface area contributed by atoms with Crippen molar-refractivity contribution >= 4 is 96.7 Å². The molecule has 0 N–H and O–H groups in total. The Morgan fingerprint density at radius 3 is 1.70 bits per heavy atom. The molecule has 0 spiro atoms. The standard InChI is InChI=1S/C56H33N3S/c1-2-12-34(13-3-1)38-22-23-40-31-41(25-24-39(40)30-38)54-53(57-47-19-9-10-20-48(47)58-54)35-26-28-42(29-27-35)59-49-33-37-15-5-4-14-36(37)32-46(49)52-55(59)44-17-7-6-16-43(44)51-45-18-8-11-21-50(45)60-56(51)52/h1-33H. The lowest BCUT2D eigenvalue weighted by Gasteiger charge is -2.14. The molecule has 0 unspecified atom stereocenters. The summed E-state index contributed by atoms with van der Waals surface area (Å²) in [6.07, 6.45) is 0. The van der Waals surface area contributed by atoms with Crippen LogP contribution < -0.4 is 0 Å². The molecule has 0 bridgehead atoms. The van der Waals surface area contributed by atoms with Crippen LogP contribution in [0, 0.1) is 0 Å². The van der Waals surface area contributed by atoms with Gasteiger partial charge in [0.05, 0.1) is 33.5 Å². The molecule has 10 aromatic carbocycles. The Hall–Kier alpha value is -7.66. The van der Waals surface area contributed by atoms with Crippen LogP contribution in [0.3, 0.4) is 0 Å². The maximum Gasteiger partial charge on any atom is 0.0973 e. The Bertz CT molecular complexity index is 3880. The highest BCUT2D eigenvalue weighted by Gasteiger charge is 2.23. The van der Waals surface area contributed by atoms with Gasteiger partial charge in [-0.25, -0.2) is 9.97 Å². The Morgan fingerprint density at radius 2 is 0.933 bits per heavy atom. The van der Waals surface area contributed by atoms with E-state index in [1.54, 1.807) is 0 Å². The van der Waals surface area contributed by atoms with Crippen LogP contribution in [0.15, 0.2) is 200 Å². The van der Waals surface area contributed by atoms with Gasteiger partial charge in [-0.3, -0.25) is 0 Å².